The van der Waals surface area contributed by atoms with Gasteiger partial charge in [-0.3, -0.25) is 10.1 Å². The molecule has 2 rings (SSSR count). The van der Waals surface area contributed by atoms with Crippen molar-refractivity contribution in [1.82, 2.24) is 5.32 Å². The number of amides is 1. The summed E-state index contributed by atoms with van der Waals surface area (Å²) >= 11 is 3.09. The highest BCUT2D eigenvalue weighted by Crippen LogP contribution is 2.23. The first-order valence-electron chi connectivity index (χ1n) is 5.88. The second kappa shape index (κ2) is 7.40. The fraction of sp³-hybridized carbons (Fsp3) is 0.0769. The average molecular weight is 431 g/mol. The van der Waals surface area contributed by atoms with Gasteiger partial charge in [-0.1, -0.05) is 0 Å². The lowest BCUT2D eigenvalue weighted by Crippen LogP contribution is -2.19. The number of carbonyl (C=O) groups excluding carboxylic acids is 2. The van der Waals surface area contributed by atoms with Gasteiger partial charge in [0.05, 0.1) is 18.2 Å². The molecule has 1 amide bonds. The number of esters is 1. The highest BCUT2D eigenvalue weighted by Gasteiger charge is 2.24. The van der Waals surface area contributed by atoms with Crippen LogP contribution in [0.1, 0.15) is 5.56 Å². The number of benzene rings is 1. The molecule has 0 radical (unpaired) electrons. The van der Waals surface area contributed by atoms with Gasteiger partial charge >= 0.3 is 5.97 Å². The normalized spacial score (nSPS) is 18.2. The second-order valence-corrected chi connectivity index (χ2v) is 6.14. The molecule has 1 aromatic carbocycles. The van der Waals surface area contributed by atoms with E-state index in [2.05, 4.69) is 42.8 Å². The molecule has 0 spiro atoms. The Kier molecular flexibility index (Phi) is 5.55. The van der Waals surface area contributed by atoms with E-state index in [9.17, 15) is 14.7 Å². The van der Waals surface area contributed by atoms with Gasteiger partial charge in [0, 0.05) is 15.2 Å². The summed E-state index contributed by atoms with van der Waals surface area (Å²) in [7, 11) is 1.23. The number of methoxy groups -OCH3 is 1. The lowest BCUT2D eigenvalue weighted by molar-refractivity contribution is -0.135. The first-order valence-corrected chi connectivity index (χ1v) is 7.77. The average Bonchev–Trinajstić information content (AvgIpc) is 2.82. The number of phenolic OH excluding ortho intramolecular Hbond substituents is 1. The maximum absolute atomic E-state index is 11.6. The number of hydrogen-bond acceptors (Lipinski definition) is 7. The van der Waals surface area contributed by atoms with Crippen LogP contribution < -0.4 is 5.32 Å². The smallest absolute Gasteiger partial charge is 0.331 e. The molecule has 0 unspecified atom stereocenters. The van der Waals surface area contributed by atoms with Crippen LogP contribution in [0.15, 0.2) is 39.4 Å². The maximum atomic E-state index is 11.6. The van der Waals surface area contributed by atoms with E-state index >= 15 is 0 Å². The Balaban J connectivity index is 2.10. The number of phenols is 1. The Morgan fingerprint density at radius 1 is 1.50 bits per heavy atom. The summed E-state index contributed by atoms with van der Waals surface area (Å²) in [5.74, 6) is -0.922. The third-order valence-electron chi connectivity index (χ3n) is 2.43. The molecule has 0 atom stereocenters. The number of ether oxygens (including phenoxy) is 1. The quantitative estimate of drug-likeness (QED) is 0.249. The molecule has 114 valence electrons. The van der Waals surface area contributed by atoms with Crippen molar-refractivity contribution in [3.8, 4) is 5.75 Å². The van der Waals surface area contributed by atoms with Crippen LogP contribution >= 0.6 is 34.4 Å². The number of nitrogens with zero attached hydrogens (tertiary/aromatic N) is 2. The Bertz CT molecular complexity index is 715. The molecule has 9 heteroatoms. The first-order chi connectivity index (χ1) is 10.5. The molecular formula is C13H10IN3O4S. The molecule has 7 nitrogen and oxygen atoms in total. The summed E-state index contributed by atoms with van der Waals surface area (Å²) in [6.45, 7) is 0. The Hall–Kier alpha value is -1.88. The fourth-order valence-electron chi connectivity index (χ4n) is 1.41. The summed E-state index contributed by atoms with van der Waals surface area (Å²) < 4.78 is 5.35. The molecule has 2 N–H and O–H groups in total. The molecule has 0 aliphatic carbocycles. The summed E-state index contributed by atoms with van der Waals surface area (Å²) in [4.78, 5) is 22.9. The third kappa shape index (κ3) is 4.31. The molecule has 1 aliphatic heterocycles. The van der Waals surface area contributed by atoms with Crippen molar-refractivity contribution in [3.63, 3.8) is 0 Å². The Morgan fingerprint density at radius 3 is 3.00 bits per heavy atom. The lowest BCUT2D eigenvalue weighted by atomic mass is 10.2. The van der Waals surface area contributed by atoms with Crippen LogP contribution in [0.25, 0.3) is 0 Å². The standard InChI is InChI=1S/C13H10IN3O4S/c1-21-11(19)5-10-12(20)16-13(22-10)17-15-6-7-4-8(18)2-3-9(7)14/h2-6,18H,1H3,(H,16,17,20)/b10-5+,15-6?. The minimum Gasteiger partial charge on any atom is -0.508 e. The highest BCUT2D eigenvalue weighted by molar-refractivity contribution is 14.1. The van der Waals surface area contributed by atoms with Gasteiger partial charge in [0.2, 0.25) is 0 Å². The van der Waals surface area contributed by atoms with E-state index in [1.807, 2.05) is 0 Å². The number of amidine groups is 1. The van der Waals surface area contributed by atoms with E-state index in [4.69, 9.17) is 0 Å². The second-order valence-electron chi connectivity index (χ2n) is 3.94. The van der Waals surface area contributed by atoms with Crippen LogP contribution in [0.5, 0.6) is 5.75 Å². The topological polar surface area (TPSA) is 100 Å². The summed E-state index contributed by atoms with van der Waals surface area (Å²) in [6.07, 6.45) is 2.55. The van der Waals surface area contributed by atoms with Crippen molar-refractivity contribution in [1.29, 1.82) is 0 Å². The van der Waals surface area contributed by atoms with E-state index < -0.39 is 11.9 Å². The number of carbonyl (C=O) groups is 2. The van der Waals surface area contributed by atoms with E-state index in [0.717, 1.165) is 21.4 Å². The van der Waals surface area contributed by atoms with Gasteiger partial charge in [-0.2, -0.15) is 5.10 Å². The first kappa shape index (κ1) is 16.5. The van der Waals surface area contributed by atoms with E-state index in [1.165, 1.54) is 13.3 Å². The monoisotopic (exact) mass is 431 g/mol. The van der Waals surface area contributed by atoms with Gasteiger partial charge in [0.15, 0.2) is 5.17 Å². The van der Waals surface area contributed by atoms with Gasteiger partial charge < -0.3 is 9.84 Å². The zero-order valence-electron chi connectivity index (χ0n) is 11.2. The summed E-state index contributed by atoms with van der Waals surface area (Å²) in [6, 6.07) is 4.87. The number of halogens is 1. The van der Waals surface area contributed by atoms with Crippen LogP contribution in [-0.2, 0) is 14.3 Å². The SMILES string of the molecule is COC(=O)/C=C1/S/C(=N\N=Cc2cc(O)ccc2I)NC1=O. The molecule has 1 aliphatic rings. The van der Waals surface area contributed by atoms with Crippen LogP contribution in [0.4, 0.5) is 0 Å². The molecule has 1 heterocycles. The molecule has 0 bridgehead atoms. The molecule has 1 fully saturated rings. The van der Waals surface area contributed by atoms with Crippen molar-refractivity contribution >= 4 is 57.6 Å². The van der Waals surface area contributed by atoms with Crippen molar-refractivity contribution in [2.45, 2.75) is 0 Å². The number of rotatable bonds is 3. The van der Waals surface area contributed by atoms with Crippen molar-refractivity contribution < 1.29 is 19.4 Å². The zero-order chi connectivity index (χ0) is 16.1. The largest absolute Gasteiger partial charge is 0.508 e. The number of nitrogens with one attached hydrogen (secondary N) is 1. The fourth-order valence-corrected chi connectivity index (χ4v) is 2.63. The maximum Gasteiger partial charge on any atom is 0.331 e. The van der Waals surface area contributed by atoms with Gasteiger partial charge in [0.1, 0.15) is 5.75 Å². The van der Waals surface area contributed by atoms with Crippen LogP contribution in [0, 0.1) is 3.57 Å². The van der Waals surface area contributed by atoms with Crippen molar-refractivity contribution in [2.75, 3.05) is 7.11 Å². The zero-order valence-corrected chi connectivity index (χ0v) is 14.2. The Morgan fingerprint density at radius 2 is 2.27 bits per heavy atom. The third-order valence-corrected chi connectivity index (χ3v) is 4.31. The van der Waals surface area contributed by atoms with E-state index in [0.29, 0.717) is 5.56 Å². The molecule has 0 saturated carbocycles. The predicted molar refractivity (Wildman–Crippen MR) is 91.7 cm³/mol. The molecule has 22 heavy (non-hydrogen) atoms. The summed E-state index contributed by atoms with van der Waals surface area (Å²) in [5.41, 5.74) is 0.699. The van der Waals surface area contributed by atoms with Gasteiger partial charge in [-0.25, -0.2) is 4.79 Å². The van der Waals surface area contributed by atoms with Crippen molar-refractivity contribution in [2.24, 2.45) is 10.2 Å². The van der Waals surface area contributed by atoms with Gasteiger partial charge in [0.25, 0.3) is 5.91 Å². The van der Waals surface area contributed by atoms with Gasteiger partial charge in [-0.15, -0.1) is 5.10 Å². The number of hydrogen-bond donors (Lipinski definition) is 2. The molecular weight excluding hydrogens is 421 g/mol. The van der Waals surface area contributed by atoms with Crippen molar-refractivity contribution in [3.05, 3.63) is 38.3 Å². The minimum absolute atomic E-state index is 0.126. The number of aromatic hydroxyl groups is 1. The Labute approximate surface area is 143 Å². The van der Waals surface area contributed by atoms with E-state index in [1.54, 1.807) is 18.2 Å². The molecule has 1 aromatic rings. The minimum atomic E-state index is -0.614. The molecule has 1 saturated heterocycles. The van der Waals surface area contributed by atoms with Crippen LogP contribution in [-0.4, -0.2) is 35.5 Å². The number of thioether (sulfide) groups is 1. The van der Waals surface area contributed by atoms with E-state index in [-0.39, 0.29) is 15.8 Å². The van der Waals surface area contributed by atoms with Crippen LogP contribution in [0.3, 0.4) is 0 Å². The highest BCUT2D eigenvalue weighted by atomic mass is 127. The predicted octanol–water partition coefficient (Wildman–Crippen LogP) is 1.61. The lowest BCUT2D eigenvalue weighted by Gasteiger charge is -1.97. The van der Waals surface area contributed by atoms with Gasteiger partial charge in [-0.05, 0) is 52.6 Å². The molecule has 0 aromatic heterocycles. The summed E-state index contributed by atoms with van der Waals surface area (Å²) in [5, 5.41) is 19.9. The van der Waals surface area contributed by atoms with Crippen LogP contribution in [0.2, 0.25) is 0 Å².